The van der Waals surface area contributed by atoms with E-state index < -0.39 is 5.97 Å². The van der Waals surface area contributed by atoms with Gasteiger partial charge in [0.05, 0.1) is 0 Å². The van der Waals surface area contributed by atoms with Crippen molar-refractivity contribution in [3.05, 3.63) is 0 Å². The Labute approximate surface area is 73.0 Å². The molecule has 2 unspecified atom stereocenters. The average molecular weight is 168 g/mol. The highest BCUT2D eigenvalue weighted by Crippen LogP contribution is 2.63. The van der Waals surface area contributed by atoms with Crippen LogP contribution in [-0.4, -0.2) is 11.1 Å². The fraction of sp³-hybridized carbons (Fsp3) is 0.900. The molecule has 0 aromatic rings. The molecule has 2 nitrogen and oxygen atoms in total. The van der Waals surface area contributed by atoms with Gasteiger partial charge in [0.2, 0.25) is 0 Å². The van der Waals surface area contributed by atoms with Crippen molar-refractivity contribution in [3.8, 4) is 0 Å². The first-order valence-corrected chi connectivity index (χ1v) is 4.85. The van der Waals surface area contributed by atoms with Gasteiger partial charge in [-0.3, -0.25) is 4.79 Å². The lowest BCUT2D eigenvalue weighted by Gasteiger charge is -2.32. The second kappa shape index (κ2) is 2.48. The molecule has 2 aliphatic carbocycles. The molecule has 0 aliphatic heterocycles. The standard InChI is InChI=1S/C10H16O2/c1-10(7-3-2-4-7)6-8(10)5-9(11)12/h7-8H,2-6H2,1H3,(H,11,12). The van der Waals surface area contributed by atoms with E-state index in [1.54, 1.807) is 0 Å². The predicted octanol–water partition coefficient (Wildman–Crippen LogP) is 2.29. The molecule has 2 saturated carbocycles. The van der Waals surface area contributed by atoms with Crippen LogP contribution >= 0.6 is 0 Å². The van der Waals surface area contributed by atoms with Crippen LogP contribution in [-0.2, 0) is 4.79 Å². The van der Waals surface area contributed by atoms with Gasteiger partial charge in [-0.1, -0.05) is 13.3 Å². The lowest BCUT2D eigenvalue weighted by molar-refractivity contribution is -0.137. The monoisotopic (exact) mass is 168 g/mol. The summed E-state index contributed by atoms with van der Waals surface area (Å²) < 4.78 is 0. The van der Waals surface area contributed by atoms with Crippen LogP contribution in [0, 0.1) is 17.3 Å². The van der Waals surface area contributed by atoms with E-state index in [1.807, 2.05) is 0 Å². The first kappa shape index (κ1) is 8.09. The van der Waals surface area contributed by atoms with Gasteiger partial charge in [0.1, 0.15) is 0 Å². The molecule has 2 heteroatoms. The van der Waals surface area contributed by atoms with Crippen LogP contribution in [0.3, 0.4) is 0 Å². The summed E-state index contributed by atoms with van der Waals surface area (Å²) in [5.41, 5.74) is 0.413. The van der Waals surface area contributed by atoms with Crippen LogP contribution in [0.1, 0.15) is 39.0 Å². The summed E-state index contributed by atoms with van der Waals surface area (Å²) in [6, 6.07) is 0. The molecule has 0 saturated heterocycles. The fourth-order valence-electron chi connectivity index (χ4n) is 2.56. The summed E-state index contributed by atoms with van der Waals surface area (Å²) in [6.45, 7) is 2.27. The van der Waals surface area contributed by atoms with Crippen LogP contribution in [0.15, 0.2) is 0 Å². The minimum atomic E-state index is -0.622. The minimum absolute atomic E-state index is 0.396. The van der Waals surface area contributed by atoms with Gasteiger partial charge in [-0.05, 0) is 36.5 Å². The molecule has 0 heterocycles. The number of aliphatic carboxylic acids is 1. The van der Waals surface area contributed by atoms with E-state index in [0.29, 0.717) is 17.8 Å². The quantitative estimate of drug-likeness (QED) is 0.702. The van der Waals surface area contributed by atoms with Crippen molar-refractivity contribution in [2.45, 2.75) is 39.0 Å². The van der Waals surface area contributed by atoms with E-state index in [4.69, 9.17) is 5.11 Å². The predicted molar refractivity (Wildman–Crippen MR) is 45.8 cm³/mol. The van der Waals surface area contributed by atoms with Gasteiger partial charge in [0.15, 0.2) is 0 Å². The minimum Gasteiger partial charge on any atom is -0.481 e. The highest BCUT2D eigenvalue weighted by molar-refractivity contribution is 5.67. The van der Waals surface area contributed by atoms with Gasteiger partial charge in [-0.15, -0.1) is 0 Å². The summed E-state index contributed by atoms with van der Waals surface area (Å²) in [7, 11) is 0. The van der Waals surface area contributed by atoms with Crippen molar-refractivity contribution in [1.29, 1.82) is 0 Å². The molecule has 0 spiro atoms. The third-order valence-corrected chi connectivity index (χ3v) is 3.92. The first-order chi connectivity index (χ1) is 5.63. The van der Waals surface area contributed by atoms with E-state index in [-0.39, 0.29) is 0 Å². The maximum Gasteiger partial charge on any atom is 0.303 e. The third-order valence-electron chi connectivity index (χ3n) is 3.92. The van der Waals surface area contributed by atoms with Gasteiger partial charge >= 0.3 is 5.97 Å². The number of carboxylic acid groups (broad SMARTS) is 1. The van der Waals surface area contributed by atoms with E-state index >= 15 is 0 Å². The van der Waals surface area contributed by atoms with Gasteiger partial charge in [-0.2, -0.15) is 0 Å². The molecular weight excluding hydrogens is 152 g/mol. The normalized spacial score (nSPS) is 40.6. The zero-order valence-corrected chi connectivity index (χ0v) is 7.55. The van der Waals surface area contributed by atoms with Crippen LogP contribution in [0.5, 0.6) is 0 Å². The highest BCUT2D eigenvalue weighted by atomic mass is 16.4. The zero-order valence-electron chi connectivity index (χ0n) is 7.55. The Morgan fingerprint density at radius 2 is 2.25 bits per heavy atom. The topological polar surface area (TPSA) is 37.3 Å². The fourth-order valence-corrected chi connectivity index (χ4v) is 2.56. The molecule has 68 valence electrons. The maximum absolute atomic E-state index is 10.5. The molecule has 1 N–H and O–H groups in total. The summed E-state index contributed by atoms with van der Waals surface area (Å²) >= 11 is 0. The second-order valence-corrected chi connectivity index (χ2v) is 4.63. The third kappa shape index (κ3) is 1.13. The second-order valence-electron chi connectivity index (χ2n) is 4.63. The Morgan fingerprint density at radius 3 is 2.67 bits per heavy atom. The van der Waals surface area contributed by atoms with Crippen molar-refractivity contribution in [3.63, 3.8) is 0 Å². The first-order valence-electron chi connectivity index (χ1n) is 4.85. The molecule has 0 bridgehead atoms. The summed E-state index contributed by atoms with van der Waals surface area (Å²) in [4.78, 5) is 10.5. The smallest absolute Gasteiger partial charge is 0.303 e. The van der Waals surface area contributed by atoms with E-state index in [1.165, 1.54) is 19.3 Å². The van der Waals surface area contributed by atoms with Crippen molar-refractivity contribution >= 4 is 5.97 Å². The van der Waals surface area contributed by atoms with Gasteiger partial charge in [0.25, 0.3) is 0 Å². The number of carbonyl (C=O) groups is 1. The van der Waals surface area contributed by atoms with Gasteiger partial charge in [-0.25, -0.2) is 0 Å². The Bertz CT molecular complexity index is 208. The van der Waals surface area contributed by atoms with Crippen LogP contribution < -0.4 is 0 Å². The van der Waals surface area contributed by atoms with E-state index in [0.717, 1.165) is 12.3 Å². The average Bonchev–Trinajstić information content (AvgIpc) is 2.34. The number of carboxylic acids is 1. The lowest BCUT2D eigenvalue weighted by atomic mass is 9.73. The number of hydrogen-bond acceptors (Lipinski definition) is 1. The SMILES string of the molecule is CC1(C2CCC2)CC1CC(=O)O. The summed E-state index contributed by atoms with van der Waals surface area (Å²) in [6.07, 6.45) is 5.59. The molecule has 2 atom stereocenters. The van der Waals surface area contributed by atoms with E-state index in [2.05, 4.69) is 6.92 Å². The molecular formula is C10H16O2. The molecule has 0 aromatic carbocycles. The Morgan fingerprint density at radius 1 is 1.58 bits per heavy atom. The van der Waals surface area contributed by atoms with Crippen molar-refractivity contribution in [2.75, 3.05) is 0 Å². The largest absolute Gasteiger partial charge is 0.481 e. The van der Waals surface area contributed by atoms with E-state index in [9.17, 15) is 4.79 Å². The number of hydrogen-bond donors (Lipinski definition) is 1. The molecule has 0 radical (unpaired) electrons. The molecule has 2 rings (SSSR count). The molecule has 2 aliphatic rings. The number of rotatable bonds is 3. The molecule has 2 fully saturated rings. The Hall–Kier alpha value is -0.530. The molecule has 0 aromatic heterocycles. The van der Waals surface area contributed by atoms with Crippen molar-refractivity contribution in [2.24, 2.45) is 17.3 Å². The highest BCUT2D eigenvalue weighted by Gasteiger charge is 2.56. The Balaban J connectivity index is 1.87. The van der Waals surface area contributed by atoms with Gasteiger partial charge < -0.3 is 5.11 Å². The molecule has 12 heavy (non-hydrogen) atoms. The summed E-state index contributed by atoms with van der Waals surface area (Å²) in [5, 5.41) is 8.63. The van der Waals surface area contributed by atoms with Crippen LogP contribution in [0.25, 0.3) is 0 Å². The van der Waals surface area contributed by atoms with Crippen molar-refractivity contribution in [1.82, 2.24) is 0 Å². The van der Waals surface area contributed by atoms with Gasteiger partial charge in [0, 0.05) is 6.42 Å². The van der Waals surface area contributed by atoms with Crippen LogP contribution in [0.2, 0.25) is 0 Å². The maximum atomic E-state index is 10.5. The van der Waals surface area contributed by atoms with Crippen molar-refractivity contribution < 1.29 is 9.90 Å². The Kier molecular flexibility index (Phi) is 1.67. The summed E-state index contributed by atoms with van der Waals surface area (Å²) in [5.74, 6) is 0.713. The lowest BCUT2D eigenvalue weighted by Crippen LogP contribution is -2.22. The zero-order chi connectivity index (χ0) is 8.77. The molecule has 0 amide bonds. The van der Waals surface area contributed by atoms with Crippen LogP contribution in [0.4, 0.5) is 0 Å².